The molecule has 0 spiro atoms. The van der Waals surface area contributed by atoms with Crippen LogP contribution in [0.3, 0.4) is 0 Å². The normalized spacial score (nSPS) is 12.6. The Bertz CT molecular complexity index is 552. The molecule has 0 N–H and O–H groups in total. The molecule has 0 amide bonds. The number of benzene rings is 1. The average molecular weight is 290 g/mol. The molecule has 21 heavy (non-hydrogen) atoms. The molecule has 0 fully saturated rings. The Labute approximate surface area is 125 Å². The Hall–Kier alpha value is -1.97. The van der Waals surface area contributed by atoms with Crippen LogP contribution in [-0.4, -0.2) is 23.1 Å². The fourth-order valence-corrected chi connectivity index (χ4v) is 1.89. The zero-order valence-electron chi connectivity index (χ0n) is 13.2. The summed E-state index contributed by atoms with van der Waals surface area (Å²) in [6.45, 7) is 8.37. The number of ketones is 2. The topological polar surface area (TPSA) is 60.4 Å². The van der Waals surface area contributed by atoms with Gasteiger partial charge in [0.2, 0.25) is 0 Å². The highest BCUT2D eigenvalue weighted by Gasteiger charge is 2.31. The third-order valence-corrected chi connectivity index (χ3v) is 2.91. The SMILES string of the molecule is CC(=O)C(CC(=O)c1cccc(C)c1)C(=O)OC(C)(C)C. The standard InChI is InChI=1S/C17H22O4/c1-11-7-6-8-13(9-11)15(19)10-14(12(2)18)16(20)21-17(3,4)5/h6-9,14H,10H2,1-5H3. The molecule has 0 aromatic heterocycles. The number of carbonyl (C=O) groups is 3. The van der Waals surface area contributed by atoms with Crippen molar-refractivity contribution in [2.45, 2.75) is 46.6 Å². The smallest absolute Gasteiger partial charge is 0.317 e. The van der Waals surface area contributed by atoms with Crippen LogP contribution in [-0.2, 0) is 14.3 Å². The molecule has 0 aliphatic rings. The first kappa shape index (κ1) is 17.1. The lowest BCUT2D eigenvalue weighted by atomic mass is 9.94. The number of rotatable bonds is 5. The zero-order valence-corrected chi connectivity index (χ0v) is 13.2. The zero-order chi connectivity index (χ0) is 16.2. The molecule has 1 atom stereocenters. The van der Waals surface area contributed by atoms with Crippen LogP contribution in [0.1, 0.15) is 50.0 Å². The van der Waals surface area contributed by atoms with Crippen LogP contribution in [0.25, 0.3) is 0 Å². The first-order chi connectivity index (χ1) is 9.60. The minimum atomic E-state index is -1.04. The van der Waals surface area contributed by atoms with Gasteiger partial charge in [-0.1, -0.05) is 23.8 Å². The van der Waals surface area contributed by atoms with E-state index in [4.69, 9.17) is 4.74 Å². The van der Waals surface area contributed by atoms with Crippen molar-refractivity contribution < 1.29 is 19.1 Å². The first-order valence-corrected chi connectivity index (χ1v) is 6.93. The van der Waals surface area contributed by atoms with Gasteiger partial charge in [0.1, 0.15) is 17.3 Å². The van der Waals surface area contributed by atoms with Crippen LogP contribution in [0.4, 0.5) is 0 Å². The van der Waals surface area contributed by atoms with Gasteiger partial charge in [0.15, 0.2) is 5.78 Å². The summed E-state index contributed by atoms with van der Waals surface area (Å²) in [6.07, 6.45) is -0.159. The summed E-state index contributed by atoms with van der Waals surface area (Å²) >= 11 is 0. The van der Waals surface area contributed by atoms with E-state index in [1.54, 1.807) is 39.0 Å². The molecule has 1 aromatic carbocycles. The van der Waals surface area contributed by atoms with Crippen molar-refractivity contribution in [1.82, 2.24) is 0 Å². The molecule has 4 heteroatoms. The maximum absolute atomic E-state index is 12.2. The van der Waals surface area contributed by atoms with Crippen LogP contribution in [0.15, 0.2) is 24.3 Å². The van der Waals surface area contributed by atoms with Crippen molar-refractivity contribution in [2.24, 2.45) is 5.92 Å². The molecule has 0 heterocycles. The van der Waals surface area contributed by atoms with Gasteiger partial charge in [-0.2, -0.15) is 0 Å². The number of hydrogen-bond acceptors (Lipinski definition) is 4. The lowest BCUT2D eigenvalue weighted by molar-refractivity contribution is -0.161. The lowest BCUT2D eigenvalue weighted by Gasteiger charge is -2.22. The van der Waals surface area contributed by atoms with Gasteiger partial charge in [-0.3, -0.25) is 14.4 Å². The second kappa shape index (κ2) is 6.66. The van der Waals surface area contributed by atoms with E-state index in [1.165, 1.54) is 6.92 Å². The summed E-state index contributed by atoms with van der Waals surface area (Å²) in [6, 6.07) is 7.09. The van der Waals surface area contributed by atoms with Crippen molar-refractivity contribution in [3.8, 4) is 0 Å². The third kappa shape index (κ3) is 5.50. The summed E-state index contributed by atoms with van der Waals surface area (Å²) in [5.74, 6) is -2.27. The summed E-state index contributed by atoms with van der Waals surface area (Å²) in [7, 11) is 0. The molecule has 0 radical (unpaired) electrons. The summed E-state index contributed by atoms with van der Waals surface area (Å²) in [4.78, 5) is 35.9. The van der Waals surface area contributed by atoms with Crippen LogP contribution in [0.5, 0.6) is 0 Å². The molecule has 1 rings (SSSR count). The highest BCUT2D eigenvalue weighted by atomic mass is 16.6. The van der Waals surface area contributed by atoms with E-state index in [9.17, 15) is 14.4 Å². The van der Waals surface area contributed by atoms with Crippen molar-refractivity contribution >= 4 is 17.5 Å². The predicted molar refractivity (Wildman–Crippen MR) is 80.1 cm³/mol. The Morgan fingerprint density at radius 1 is 1.19 bits per heavy atom. The van der Waals surface area contributed by atoms with E-state index in [2.05, 4.69) is 0 Å². The lowest BCUT2D eigenvalue weighted by Crippen LogP contribution is -2.33. The molecule has 4 nitrogen and oxygen atoms in total. The largest absolute Gasteiger partial charge is 0.459 e. The van der Waals surface area contributed by atoms with Crippen molar-refractivity contribution in [3.63, 3.8) is 0 Å². The van der Waals surface area contributed by atoms with Gasteiger partial charge in [0, 0.05) is 12.0 Å². The van der Waals surface area contributed by atoms with E-state index >= 15 is 0 Å². The molecule has 0 saturated carbocycles. The first-order valence-electron chi connectivity index (χ1n) is 6.93. The second-order valence-electron chi connectivity index (χ2n) is 6.19. The van der Waals surface area contributed by atoms with Crippen LogP contribution in [0, 0.1) is 12.8 Å². The quantitative estimate of drug-likeness (QED) is 0.475. The fourth-order valence-electron chi connectivity index (χ4n) is 1.89. The van der Waals surface area contributed by atoms with E-state index in [0.717, 1.165) is 5.56 Å². The molecule has 1 aromatic rings. The van der Waals surface area contributed by atoms with E-state index in [-0.39, 0.29) is 18.0 Å². The maximum Gasteiger partial charge on any atom is 0.317 e. The summed E-state index contributed by atoms with van der Waals surface area (Å²) < 4.78 is 5.21. The van der Waals surface area contributed by atoms with Gasteiger partial charge in [-0.05, 0) is 40.7 Å². The van der Waals surface area contributed by atoms with Gasteiger partial charge >= 0.3 is 5.97 Å². The Morgan fingerprint density at radius 3 is 2.29 bits per heavy atom. The van der Waals surface area contributed by atoms with E-state index in [1.807, 2.05) is 13.0 Å². The number of carbonyl (C=O) groups excluding carboxylic acids is 3. The molecule has 114 valence electrons. The number of aryl methyl sites for hydroxylation is 1. The van der Waals surface area contributed by atoms with Gasteiger partial charge in [-0.25, -0.2) is 0 Å². The Kier molecular flexibility index (Phi) is 5.41. The van der Waals surface area contributed by atoms with Crippen LogP contribution in [0.2, 0.25) is 0 Å². The van der Waals surface area contributed by atoms with E-state index < -0.39 is 17.5 Å². The third-order valence-electron chi connectivity index (χ3n) is 2.91. The van der Waals surface area contributed by atoms with Crippen LogP contribution < -0.4 is 0 Å². The van der Waals surface area contributed by atoms with Crippen molar-refractivity contribution in [1.29, 1.82) is 0 Å². The van der Waals surface area contributed by atoms with E-state index in [0.29, 0.717) is 5.56 Å². The highest BCUT2D eigenvalue weighted by Crippen LogP contribution is 2.18. The van der Waals surface area contributed by atoms with Gasteiger partial charge in [-0.15, -0.1) is 0 Å². The molecular weight excluding hydrogens is 268 g/mol. The van der Waals surface area contributed by atoms with Gasteiger partial charge in [0.25, 0.3) is 0 Å². The molecule has 0 saturated heterocycles. The summed E-state index contributed by atoms with van der Waals surface area (Å²) in [5, 5.41) is 0. The van der Waals surface area contributed by atoms with Crippen molar-refractivity contribution in [3.05, 3.63) is 35.4 Å². The van der Waals surface area contributed by atoms with Crippen molar-refractivity contribution in [2.75, 3.05) is 0 Å². The maximum atomic E-state index is 12.2. The molecule has 0 aliphatic heterocycles. The number of hydrogen-bond donors (Lipinski definition) is 0. The minimum absolute atomic E-state index is 0.159. The monoisotopic (exact) mass is 290 g/mol. The molecule has 1 unspecified atom stereocenters. The number of ether oxygens (including phenoxy) is 1. The fraction of sp³-hybridized carbons (Fsp3) is 0.471. The Morgan fingerprint density at radius 2 is 1.81 bits per heavy atom. The van der Waals surface area contributed by atoms with Crippen LogP contribution >= 0.6 is 0 Å². The highest BCUT2D eigenvalue weighted by molar-refractivity contribution is 6.05. The number of Topliss-reactive ketones (excluding diaryl/α,β-unsaturated/α-hetero) is 2. The minimum Gasteiger partial charge on any atom is -0.459 e. The average Bonchev–Trinajstić information content (AvgIpc) is 2.32. The molecule has 0 bridgehead atoms. The predicted octanol–water partition coefficient (Wildman–Crippen LogP) is 3.11. The molecule has 0 aliphatic carbocycles. The molecular formula is C17H22O4. The van der Waals surface area contributed by atoms with Gasteiger partial charge < -0.3 is 4.74 Å². The van der Waals surface area contributed by atoms with Gasteiger partial charge in [0.05, 0.1) is 0 Å². The summed E-state index contributed by atoms with van der Waals surface area (Å²) in [5.41, 5.74) is 0.777. The second-order valence-corrected chi connectivity index (χ2v) is 6.19. The Balaban J connectivity index is 2.86. The number of esters is 1.